The van der Waals surface area contributed by atoms with Crippen molar-refractivity contribution in [2.75, 3.05) is 19.6 Å². The number of halogens is 1. The molecule has 0 radical (unpaired) electrons. The molecule has 1 fully saturated rings. The molecule has 2 unspecified atom stereocenters. The molecular formula is C9H17ClN2. The highest BCUT2D eigenvalue weighted by atomic mass is 35.5. The Morgan fingerprint density at radius 2 is 2.42 bits per heavy atom. The quantitative estimate of drug-likeness (QED) is 0.710. The standard InChI is InChI=1S/C9H17ClN2/c1-7-5-12(6-8(2)10)4-3-9(7)11/h7,9H,2-6,11H2,1H3. The lowest BCUT2D eigenvalue weighted by molar-refractivity contribution is 0.179. The van der Waals surface area contributed by atoms with Gasteiger partial charge in [-0.3, -0.25) is 4.90 Å². The summed E-state index contributed by atoms with van der Waals surface area (Å²) in [4.78, 5) is 2.31. The predicted molar refractivity (Wildman–Crippen MR) is 53.2 cm³/mol. The molecule has 1 aliphatic rings. The fourth-order valence-corrected chi connectivity index (χ4v) is 1.81. The second-order valence-electron chi connectivity index (χ2n) is 3.68. The lowest BCUT2D eigenvalue weighted by atomic mass is 9.95. The van der Waals surface area contributed by atoms with Gasteiger partial charge in [0.15, 0.2) is 0 Å². The number of likely N-dealkylation sites (tertiary alicyclic amines) is 1. The van der Waals surface area contributed by atoms with Crippen LogP contribution in [0, 0.1) is 5.92 Å². The Hall–Kier alpha value is -0.0500. The molecule has 0 aliphatic carbocycles. The largest absolute Gasteiger partial charge is 0.327 e. The van der Waals surface area contributed by atoms with Gasteiger partial charge in [-0.15, -0.1) is 0 Å². The molecule has 0 saturated carbocycles. The summed E-state index contributed by atoms with van der Waals surface area (Å²) in [5.41, 5.74) is 5.89. The van der Waals surface area contributed by atoms with Crippen LogP contribution in [-0.2, 0) is 0 Å². The third-order valence-corrected chi connectivity index (χ3v) is 2.57. The average Bonchev–Trinajstić information content (AvgIpc) is 1.96. The molecule has 70 valence electrons. The number of hydrogen-bond acceptors (Lipinski definition) is 2. The lowest BCUT2D eigenvalue weighted by Gasteiger charge is -2.34. The van der Waals surface area contributed by atoms with E-state index in [9.17, 15) is 0 Å². The fourth-order valence-electron chi connectivity index (χ4n) is 1.64. The molecule has 0 spiro atoms. The van der Waals surface area contributed by atoms with Gasteiger partial charge in [-0.2, -0.15) is 0 Å². The van der Waals surface area contributed by atoms with Gasteiger partial charge in [-0.1, -0.05) is 25.1 Å². The van der Waals surface area contributed by atoms with Gasteiger partial charge in [0, 0.05) is 30.7 Å². The van der Waals surface area contributed by atoms with Gasteiger partial charge in [0.1, 0.15) is 0 Å². The van der Waals surface area contributed by atoms with Crippen molar-refractivity contribution in [2.24, 2.45) is 11.7 Å². The van der Waals surface area contributed by atoms with E-state index in [0.717, 1.165) is 31.1 Å². The van der Waals surface area contributed by atoms with Gasteiger partial charge < -0.3 is 5.73 Å². The number of hydrogen-bond donors (Lipinski definition) is 1. The summed E-state index contributed by atoms with van der Waals surface area (Å²) < 4.78 is 0. The predicted octanol–water partition coefficient (Wildman–Crippen LogP) is 1.41. The van der Waals surface area contributed by atoms with E-state index in [4.69, 9.17) is 17.3 Å². The maximum Gasteiger partial charge on any atom is 0.0335 e. The van der Waals surface area contributed by atoms with E-state index in [1.165, 1.54) is 0 Å². The molecule has 0 aromatic heterocycles. The van der Waals surface area contributed by atoms with Crippen molar-refractivity contribution in [3.8, 4) is 0 Å². The molecule has 0 aromatic carbocycles. The Morgan fingerprint density at radius 3 is 2.92 bits per heavy atom. The molecule has 2 N–H and O–H groups in total. The van der Waals surface area contributed by atoms with Crippen molar-refractivity contribution in [1.29, 1.82) is 0 Å². The first kappa shape index (κ1) is 10.0. The average molecular weight is 189 g/mol. The Kier molecular flexibility index (Phi) is 3.56. The fraction of sp³-hybridized carbons (Fsp3) is 0.778. The van der Waals surface area contributed by atoms with Gasteiger partial charge in [0.2, 0.25) is 0 Å². The van der Waals surface area contributed by atoms with Crippen LogP contribution >= 0.6 is 11.6 Å². The maximum absolute atomic E-state index is 5.89. The summed E-state index contributed by atoms with van der Waals surface area (Å²) in [6.07, 6.45) is 1.07. The third-order valence-electron chi connectivity index (χ3n) is 2.45. The second-order valence-corrected chi connectivity index (χ2v) is 4.22. The summed E-state index contributed by atoms with van der Waals surface area (Å²) in [6, 6.07) is 0.366. The van der Waals surface area contributed by atoms with Crippen LogP contribution in [0.1, 0.15) is 13.3 Å². The highest BCUT2D eigenvalue weighted by Crippen LogP contribution is 2.16. The summed E-state index contributed by atoms with van der Waals surface area (Å²) >= 11 is 5.73. The first-order valence-electron chi connectivity index (χ1n) is 4.41. The molecule has 2 atom stereocenters. The molecule has 0 bridgehead atoms. The maximum atomic E-state index is 5.89. The van der Waals surface area contributed by atoms with E-state index in [1.807, 2.05) is 0 Å². The van der Waals surface area contributed by atoms with E-state index >= 15 is 0 Å². The van der Waals surface area contributed by atoms with Crippen LogP contribution in [0.5, 0.6) is 0 Å². The van der Waals surface area contributed by atoms with Crippen molar-refractivity contribution in [3.63, 3.8) is 0 Å². The van der Waals surface area contributed by atoms with Gasteiger partial charge in [-0.25, -0.2) is 0 Å². The van der Waals surface area contributed by atoms with Crippen molar-refractivity contribution < 1.29 is 0 Å². The van der Waals surface area contributed by atoms with E-state index < -0.39 is 0 Å². The van der Waals surface area contributed by atoms with Gasteiger partial charge in [0.05, 0.1) is 0 Å². The smallest absolute Gasteiger partial charge is 0.0335 e. The summed E-state index contributed by atoms with van der Waals surface area (Å²) in [7, 11) is 0. The molecule has 1 heterocycles. The SMILES string of the molecule is C=C(Cl)CN1CCC(N)C(C)C1. The van der Waals surface area contributed by atoms with Crippen LogP contribution in [0.2, 0.25) is 0 Å². The van der Waals surface area contributed by atoms with E-state index in [1.54, 1.807) is 0 Å². The monoisotopic (exact) mass is 188 g/mol. The highest BCUT2D eigenvalue weighted by Gasteiger charge is 2.22. The summed E-state index contributed by atoms with van der Waals surface area (Å²) in [6.45, 7) is 8.78. The van der Waals surface area contributed by atoms with Crippen molar-refractivity contribution in [3.05, 3.63) is 11.6 Å². The third kappa shape index (κ3) is 2.77. The first-order valence-corrected chi connectivity index (χ1v) is 4.78. The molecule has 1 saturated heterocycles. The van der Waals surface area contributed by atoms with Crippen LogP contribution in [0.4, 0.5) is 0 Å². The molecule has 2 nitrogen and oxygen atoms in total. The van der Waals surface area contributed by atoms with Crippen LogP contribution in [0.3, 0.4) is 0 Å². The molecule has 1 rings (SSSR count). The molecule has 12 heavy (non-hydrogen) atoms. The number of piperidine rings is 1. The summed E-state index contributed by atoms with van der Waals surface area (Å²) in [5, 5.41) is 0.720. The van der Waals surface area contributed by atoms with Crippen molar-refractivity contribution in [1.82, 2.24) is 4.90 Å². The zero-order valence-electron chi connectivity index (χ0n) is 7.59. The zero-order valence-corrected chi connectivity index (χ0v) is 8.35. The van der Waals surface area contributed by atoms with Crippen LogP contribution < -0.4 is 5.73 Å². The number of rotatable bonds is 2. The zero-order chi connectivity index (χ0) is 9.14. The van der Waals surface area contributed by atoms with E-state index in [2.05, 4.69) is 18.4 Å². The Morgan fingerprint density at radius 1 is 1.75 bits per heavy atom. The first-order chi connectivity index (χ1) is 5.59. The summed E-state index contributed by atoms with van der Waals surface area (Å²) in [5.74, 6) is 0.578. The minimum absolute atomic E-state index is 0.366. The van der Waals surface area contributed by atoms with Gasteiger partial charge >= 0.3 is 0 Å². The van der Waals surface area contributed by atoms with Crippen molar-refractivity contribution >= 4 is 11.6 Å². The molecular weight excluding hydrogens is 172 g/mol. The van der Waals surface area contributed by atoms with Crippen LogP contribution in [-0.4, -0.2) is 30.6 Å². The molecule has 1 aliphatic heterocycles. The minimum atomic E-state index is 0.366. The van der Waals surface area contributed by atoms with E-state index in [0.29, 0.717) is 12.0 Å². The Labute approximate surface area is 79.4 Å². The molecule has 3 heteroatoms. The number of nitrogens with two attached hydrogens (primary N) is 1. The lowest BCUT2D eigenvalue weighted by Crippen LogP contribution is -2.46. The second kappa shape index (κ2) is 4.26. The van der Waals surface area contributed by atoms with Crippen LogP contribution in [0.25, 0.3) is 0 Å². The molecule has 0 amide bonds. The van der Waals surface area contributed by atoms with Crippen molar-refractivity contribution in [2.45, 2.75) is 19.4 Å². The normalized spacial score (nSPS) is 31.9. The molecule has 0 aromatic rings. The minimum Gasteiger partial charge on any atom is -0.327 e. The van der Waals surface area contributed by atoms with Gasteiger partial charge in [0.25, 0.3) is 0 Å². The van der Waals surface area contributed by atoms with Gasteiger partial charge in [-0.05, 0) is 12.3 Å². The number of nitrogens with zero attached hydrogens (tertiary/aromatic N) is 1. The Balaban J connectivity index is 2.35. The highest BCUT2D eigenvalue weighted by molar-refractivity contribution is 6.29. The topological polar surface area (TPSA) is 29.3 Å². The van der Waals surface area contributed by atoms with Crippen LogP contribution in [0.15, 0.2) is 11.6 Å². The Bertz CT molecular complexity index is 170. The van der Waals surface area contributed by atoms with E-state index in [-0.39, 0.29) is 0 Å².